The van der Waals surface area contributed by atoms with Gasteiger partial charge in [0, 0.05) is 44.0 Å². The Morgan fingerprint density at radius 2 is 0.843 bits per heavy atom. The molecule has 0 fully saturated rings. The van der Waals surface area contributed by atoms with E-state index in [9.17, 15) is 0 Å². The van der Waals surface area contributed by atoms with Gasteiger partial charge >= 0.3 is 0 Å². The number of fused-ring (bicyclic) bond motifs is 6. The molecule has 0 unspecified atom stereocenters. The van der Waals surface area contributed by atoms with Crippen LogP contribution in [0, 0.1) is 6.92 Å². The van der Waals surface area contributed by atoms with Crippen LogP contribution < -0.4 is 5.32 Å². The summed E-state index contributed by atoms with van der Waals surface area (Å²) in [6, 6.07) is 91.9. The average molecular weight is 895 g/mol. The Kier molecular flexibility index (Phi) is 10.1. The number of benzene rings is 11. The van der Waals surface area contributed by atoms with Gasteiger partial charge in [0.15, 0.2) is 0 Å². The molecule has 13 aromatic rings. The number of furan rings is 1. The zero-order chi connectivity index (χ0) is 46.5. The van der Waals surface area contributed by atoms with E-state index in [1.54, 1.807) is 0 Å². The van der Waals surface area contributed by atoms with Gasteiger partial charge in [0.2, 0.25) is 0 Å². The maximum absolute atomic E-state index is 6.65. The molecule has 330 valence electrons. The largest absolute Gasteiger partial charge is 0.455 e. The summed E-state index contributed by atoms with van der Waals surface area (Å²) in [5.41, 5.74) is 22.3. The molecule has 3 heteroatoms. The molecule has 3 nitrogen and oxygen atoms in total. The second kappa shape index (κ2) is 17.2. The van der Waals surface area contributed by atoms with Gasteiger partial charge < -0.3 is 14.3 Å². The van der Waals surface area contributed by atoms with Crippen LogP contribution in [-0.2, 0) is 0 Å². The summed E-state index contributed by atoms with van der Waals surface area (Å²) in [7, 11) is 0. The first kappa shape index (κ1) is 41.0. The average Bonchev–Trinajstić information content (AvgIpc) is 3.98. The van der Waals surface area contributed by atoms with Crippen LogP contribution in [0.5, 0.6) is 0 Å². The molecule has 0 aliphatic rings. The van der Waals surface area contributed by atoms with E-state index in [1.165, 1.54) is 49.6 Å². The van der Waals surface area contributed by atoms with Crippen molar-refractivity contribution in [3.63, 3.8) is 0 Å². The molecule has 0 aliphatic heterocycles. The number of nitrogens with one attached hydrogen (secondary N) is 1. The van der Waals surface area contributed by atoms with Gasteiger partial charge in [0.05, 0.1) is 16.7 Å². The van der Waals surface area contributed by atoms with Gasteiger partial charge in [-0.25, -0.2) is 0 Å². The highest BCUT2D eigenvalue weighted by atomic mass is 16.3. The predicted molar refractivity (Wildman–Crippen MR) is 295 cm³/mol. The van der Waals surface area contributed by atoms with Crippen LogP contribution in [0.25, 0.3) is 116 Å². The SMILES string of the molecule is Cc1ccccc1-c1cc(-c2ccccc2)cc(-c2cc(Nc3ccc(-c4ccccc4-n4c5ccccc5c5ccccc54)cc3)ccc2-c2ccccc2-c2cccc3c2oc2ccccc23)c1. The maximum atomic E-state index is 6.65. The van der Waals surface area contributed by atoms with Crippen LogP contribution in [0.3, 0.4) is 0 Å². The number of nitrogens with zero attached hydrogens (tertiary/aromatic N) is 1. The van der Waals surface area contributed by atoms with Gasteiger partial charge in [-0.2, -0.15) is 0 Å². The Bertz CT molecular complexity index is 4050. The zero-order valence-corrected chi connectivity index (χ0v) is 38.6. The second-order valence-electron chi connectivity index (χ2n) is 18.2. The van der Waals surface area contributed by atoms with Crippen LogP contribution in [0.4, 0.5) is 11.4 Å². The Balaban J connectivity index is 0.948. The summed E-state index contributed by atoms with van der Waals surface area (Å²) in [5, 5.41) is 8.57. The molecular formula is C67H46N2O. The smallest absolute Gasteiger partial charge is 0.143 e. The lowest BCUT2D eigenvalue weighted by molar-refractivity contribution is 0.670. The van der Waals surface area contributed by atoms with Crippen molar-refractivity contribution in [2.45, 2.75) is 6.92 Å². The van der Waals surface area contributed by atoms with Crippen molar-refractivity contribution in [2.24, 2.45) is 0 Å². The Morgan fingerprint density at radius 1 is 0.314 bits per heavy atom. The lowest BCUT2D eigenvalue weighted by atomic mass is 9.86. The first-order chi connectivity index (χ1) is 34.6. The van der Waals surface area contributed by atoms with E-state index >= 15 is 0 Å². The van der Waals surface area contributed by atoms with Crippen molar-refractivity contribution in [1.82, 2.24) is 4.57 Å². The van der Waals surface area contributed by atoms with Gasteiger partial charge in [0.1, 0.15) is 11.2 Å². The highest BCUT2D eigenvalue weighted by Gasteiger charge is 2.20. The predicted octanol–water partition coefficient (Wildman–Crippen LogP) is 18.7. The van der Waals surface area contributed by atoms with Gasteiger partial charge in [-0.1, -0.05) is 188 Å². The fraction of sp³-hybridized carbons (Fsp3) is 0.0149. The fourth-order valence-corrected chi connectivity index (χ4v) is 10.6. The monoisotopic (exact) mass is 894 g/mol. The summed E-state index contributed by atoms with van der Waals surface area (Å²) in [4.78, 5) is 0. The molecule has 0 spiro atoms. The number of aromatic nitrogens is 1. The van der Waals surface area contributed by atoms with Gasteiger partial charge in [0.25, 0.3) is 0 Å². The van der Waals surface area contributed by atoms with Crippen molar-refractivity contribution in [3.8, 4) is 72.4 Å². The molecule has 0 amide bonds. The molecular weight excluding hydrogens is 849 g/mol. The Labute approximate surface area is 407 Å². The van der Waals surface area contributed by atoms with E-state index in [0.29, 0.717) is 0 Å². The zero-order valence-electron chi connectivity index (χ0n) is 38.6. The molecule has 2 aromatic heterocycles. The normalized spacial score (nSPS) is 11.5. The number of rotatable bonds is 9. The third kappa shape index (κ3) is 7.15. The minimum Gasteiger partial charge on any atom is -0.455 e. The van der Waals surface area contributed by atoms with Crippen molar-refractivity contribution in [3.05, 3.63) is 260 Å². The molecule has 0 atom stereocenters. The van der Waals surface area contributed by atoms with E-state index in [-0.39, 0.29) is 0 Å². The fourth-order valence-electron chi connectivity index (χ4n) is 10.6. The van der Waals surface area contributed by atoms with Crippen molar-refractivity contribution in [1.29, 1.82) is 0 Å². The molecule has 2 heterocycles. The van der Waals surface area contributed by atoms with Gasteiger partial charge in [-0.3, -0.25) is 0 Å². The molecule has 11 aromatic carbocycles. The van der Waals surface area contributed by atoms with Gasteiger partial charge in [-0.15, -0.1) is 0 Å². The molecule has 70 heavy (non-hydrogen) atoms. The first-order valence-corrected chi connectivity index (χ1v) is 24.0. The van der Waals surface area contributed by atoms with E-state index in [1.807, 2.05) is 6.07 Å². The van der Waals surface area contributed by atoms with Crippen LogP contribution in [0.15, 0.2) is 259 Å². The third-order valence-electron chi connectivity index (χ3n) is 13.9. The molecule has 0 aliphatic carbocycles. The molecule has 13 rings (SSSR count). The van der Waals surface area contributed by atoms with E-state index in [2.05, 4.69) is 266 Å². The maximum Gasteiger partial charge on any atom is 0.143 e. The minimum atomic E-state index is 0.889. The van der Waals surface area contributed by atoms with Crippen LogP contribution in [0.2, 0.25) is 0 Å². The third-order valence-corrected chi connectivity index (χ3v) is 13.9. The number of hydrogen-bond donors (Lipinski definition) is 1. The summed E-state index contributed by atoms with van der Waals surface area (Å²) in [6.45, 7) is 2.20. The number of hydrogen-bond acceptors (Lipinski definition) is 2. The van der Waals surface area contributed by atoms with Crippen molar-refractivity contribution in [2.75, 3.05) is 5.32 Å². The molecule has 0 saturated heterocycles. The topological polar surface area (TPSA) is 30.1 Å². The minimum absolute atomic E-state index is 0.889. The van der Waals surface area contributed by atoms with Crippen molar-refractivity contribution >= 4 is 55.1 Å². The number of anilines is 2. The summed E-state index contributed by atoms with van der Waals surface area (Å²) in [6.07, 6.45) is 0. The Morgan fingerprint density at radius 3 is 1.59 bits per heavy atom. The standard InChI is InChI=1S/C67H46N2O/c1-44-18-5-6-21-52(44)48-40-47(45-19-3-2-4-20-45)41-49(42-48)62-43-51(38-39-56(62)54-23-7-8-24-55(54)60-28-17-29-61-59-27-12-16-33-66(59)70-67(60)61)68-50-36-34-46(35-37-50)53-22-9-13-30-63(53)69-64-31-14-10-25-57(64)58-26-11-15-32-65(58)69/h2-43,68H,1H3. The molecule has 0 radical (unpaired) electrons. The van der Waals surface area contributed by atoms with Crippen molar-refractivity contribution < 1.29 is 4.42 Å². The lowest BCUT2D eigenvalue weighted by Gasteiger charge is -2.19. The van der Waals surface area contributed by atoms with Crippen LogP contribution in [0.1, 0.15) is 5.56 Å². The van der Waals surface area contributed by atoms with E-state index in [4.69, 9.17) is 4.42 Å². The van der Waals surface area contributed by atoms with Crippen LogP contribution in [-0.4, -0.2) is 4.57 Å². The molecule has 1 N–H and O–H groups in total. The first-order valence-electron chi connectivity index (χ1n) is 24.0. The number of aryl methyl sites for hydroxylation is 1. The summed E-state index contributed by atoms with van der Waals surface area (Å²) < 4.78 is 9.06. The lowest BCUT2D eigenvalue weighted by Crippen LogP contribution is -1.97. The highest BCUT2D eigenvalue weighted by Crippen LogP contribution is 2.45. The Hall–Kier alpha value is -9.18. The summed E-state index contributed by atoms with van der Waals surface area (Å²) in [5.74, 6) is 0. The number of para-hydroxylation sites is 5. The summed E-state index contributed by atoms with van der Waals surface area (Å²) >= 11 is 0. The van der Waals surface area contributed by atoms with E-state index in [0.717, 1.165) is 83.5 Å². The van der Waals surface area contributed by atoms with Crippen LogP contribution >= 0.6 is 0 Å². The highest BCUT2D eigenvalue weighted by molar-refractivity contribution is 6.12. The van der Waals surface area contributed by atoms with E-state index < -0.39 is 0 Å². The van der Waals surface area contributed by atoms with Gasteiger partial charge in [-0.05, 0) is 135 Å². The quantitative estimate of drug-likeness (QED) is 0.156. The molecule has 0 saturated carbocycles. The second-order valence-corrected chi connectivity index (χ2v) is 18.2. The molecule has 0 bridgehead atoms.